The first-order chi connectivity index (χ1) is 16.6. The maximum absolute atomic E-state index is 12.7. The second-order valence-electron chi connectivity index (χ2n) is 9.63. The number of furan rings is 1. The highest BCUT2D eigenvalue weighted by Crippen LogP contribution is 2.25. The van der Waals surface area contributed by atoms with Gasteiger partial charge in [-0.3, -0.25) is 9.48 Å². The molecule has 0 aliphatic carbocycles. The van der Waals surface area contributed by atoms with E-state index >= 15 is 0 Å². The fraction of sp³-hybridized carbons (Fsp3) is 0.286. The molecule has 2 heterocycles. The Hall–Kier alpha value is -3.32. The number of halogens is 1. The molecule has 1 N–H and O–H groups in total. The van der Waals surface area contributed by atoms with Crippen molar-refractivity contribution in [2.24, 2.45) is 0 Å². The Balaban J connectivity index is 1.36. The SMILES string of the molecule is Cc1nn(Cc2cccc(NC(=O)c3ccc(COc4ccc(C(C)(C)C)cc4)o3)c2)c(C)c1Br. The molecule has 0 radical (unpaired) electrons. The van der Waals surface area contributed by atoms with Gasteiger partial charge in [-0.2, -0.15) is 5.10 Å². The van der Waals surface area contributed by atoms with Crippen molar-refractivity contribution in [3.63, 3.8) is 0 Å². The molecule has 0 saturated carbocycles. The zero-order valence-corrected chi connectivity index (χ0v) is 22.3. The lowest BCUT2D eigenvalue weighted by Crippen LogP contribution is -2.11. The molecule has 2 aromatic carbocycles. The van der Waals surface area contributed by atoms with E-state index in [2.05, 4.69) is 59.2 Å². The highest BCUT2D eigenvalue weighted by molar-refractivity contribution is 9.10. The normalized spacial score (nSPS) is 11.5. The topological polar surface area (TPSA) is 69.3 Å². The summed E-state index contributed by atoms with van der Waals surface area (Å²) in [6, 6.07) is 19.2. The predicted molar refractivity (Wildman–Crippen MR) is 141 cm³/mol. The predicted octanol–water partition coefficient (Wildman–Crippen LogP) is 7.03. The average Bonchev–Trinajstić information content (AvgIpc) is 3.39. The summed E-state index contributed by atoms with van der Waals surface area (Å²) >= 11 is 3.56. The molecule has 0 fully saturated rings. The first-order valence-corrected chi connectivity index (χ1v) is 12.3. The quantitative estimate of drug-likeness (QED) is 0.275. The van der Waals surface area contributed by atoms with E-state index in [4.69, 9.17) is 9.15 Å². The smallest absolute Gasteiger partial charge is 0.291 e. The van der Waals surface area contributed by atoms with Gasteiger partial charge in [0.05, 0.1) is 22.4 Å². The van der Waals surface area contributed by atoms with Gasteiger partial charge in [0.1, 0.15) is 18.1 Å². The molecular formula is C28H30BrN3O3. The molecule has 2 aromatic heterocycles. The number of carbonyl (C=O) groups is 1. The van der Waals surface area contributed by atoms with Gasteiger partial charge in [-0.25, -0.2) is 0 Å². The number of aromatic nitrogens is 2. The summed E-state index contributed by atoms with van der Waals surface area (Å²) < 4.78 is 14.5. The fourth-order valence-corrected chi connectivity index (χ4v) is 4.01. The number of aryl methyl sites for hydroxylation is 1. The van der Waals surface area contributed by atoms with Gasteiger partial charge in [-0.15, -0.1) is 0 Å². The first-order valence-electron chi connectivity index (χ1n) is 11.5. The molecule has 4 aromatic rings. The number of hydrogen-bond acceptors (Lipinski definition) is 4. The molecule has 182 valence electrons. The Morgan fingerprint density at radius 2 is 1.83 bits per heavy atom. The van der Waals surface area contributed by atoms with Crippen LogP contribution in [0.25, 0.3) is 0 Å². The Labute approximate surface area is 214 Å². The molecule has 0 aliphatic heterocycles. The minimum atomic E-state index is -0.309. The number of anilines is 1. The van der Waals surface area contributed by atoms with E-state index in [1.165, 1.54) is 5.56 Å². The maximum Gasteiger partial charge on any atom is 0.291 e. The van der Waals surface area contributed by atoms with Crippen LogP contribution in [0.3, 0.4) is 0 Å². The molecular weight excluding hydrogens is 506 g/mol. The second-order valence-corrected chi connectivity index (χ2v) is 10.4. The molecule has 4 rings (SSSR count). The number of benzene rings is 2. The van der Waals surface area contributed by atoms with E-state index in [-0.39, 0.29) is 23.7 Å². The Kier molecular flexibility index (Phi) is 7.17. The van der Waals surface area contributed by atoms with E-state index in [1.807, 2.05) is 54.9 Å². The number of rotatable bonds is 7. The van der Waals surface area contributed by atoms with Crippen LogP contribution in [0.2, 0.25) is 0 Å². The largest absolute Gasteiger partial charge is 0.486 e. The molecule has 0 bridgehead atoms. The van der Waals surface area contributed by atoms with Gasteiger partial charge in [0.25, 0.3) is 5.91 Å². The summed E-state index contributed by atoms with van der Waals surface area (Å²) in [7, 11) is 0. The molecule has 0 atom stereocenters. The van der Waals surface area contributed by atoms with Crippen LogP contribution in [-0.4, -0.2) is 15.7 Å². The van der Waals surface area contributed by atoms with Crippen LogP contribution >= 0.6 is 15.9 Å². The van der Waals surface area contributed by atoms with E-state index in [1.54, 1.807) is 12.1 Å². The molecule has 6 nitrogen and oxygen atoms in total. The summed E-state index contributed by atoms with van der Waals surface area (Å²) in [5, 5.41) is 7.47. The van der Waals surface area contributed by atoms with Gasteiger partial charge in [0.2, 0.25) is 0 Å². The number of nitrogens with one attached hydrogen (secondary N) is 1. The molecule has 35 heavy (non-hydrogen) atoms. The number of amides is 1. The monoisotopic (exact) mass is 535 g/mol. The summed E-state index contributed by atoms with van der Waals surface area (Å²) in [6.45, 7) is 11.4. The molecule has 1 amide bonds. The van der Waals surface area contributed by atoms with Crippen molar-refractivity contribution in [3.8, 4) is 5.75 Å². The van der Waals surface area contributed by atoms with Crippen LogP contribution in [0.4, 0.5) is 5.69 Å². The number of hydrogen-bond donors (Lipinski definition) is 1. The number of carbonyl (C=O) groups excluding carboxylic acids is 1. The Bertz CT molecular complexity index is 1330. The standard InChI is InChI=1S/C28H30BrN3O3/c1-18-26(29)19(2)32(31-18)16-20-7-6-8-22(15-20)30-27(33)25-14-13-24(35-25)17-34-23-11-9-21(10-12-23)28(3,4)5/h6-15H,16-17H2,1-5H3,(H,30,33). The highest BCUT2D eigenvalue weighted by Gasteiger charge is 2.15. The minimum Gasteiger partial charge on any atom is -0.486 e. The second kappa shape index (κ2) is 10.1. The Morgan fingerprint density at radius 3 is 2.49 bits per heavy atom. The molecule has 0 spiro atoms. The molecule has 7 heteroatoms. The third-order valence-corrected chi connectivity index (χ3v) is 6.94. The van der Waals surface area contributed by atoms with Crippen molar-refractivity contribution in [2.75, 3.05) is 5.32 Å². The number of nitrogens with zero attached hydrogens (tertiary/aromatic N) is 2. The van der Waals surface area contributed by atoms with Gasteiger partial charge in [0, 0.05) is 5.69 Å². The van der Waals surface area contributed by atoms with Crippen molar-refractivity contribution in [2.45, 2.75) is 53.2 Å². The van der Waals surface area contributed by atoms with Crippen LogP contribution in [0.15, 0.2) is 69.6 Å². The highest BCUT2D eigenvalue weighted by atomic mass is 79.9. The lowest BCUT2D eigenvalue weighted by atomic mass is 9.87. The van der Waals surface area contributed by atoms with Gasteiger partial charge in [0.15, 0.2) is 5.76 Å². The van der Waals surface area contributed by atoms with Crippen molar-refractivity contribution in [1.29, 1.82) is 0 Å². The Morgan fingerprint density at radius 1 is 1.09 bits per heavy atom. The fourth-order valence-electron chi connectivity index (χ4n) is 3.73. The first kappa shape index (κ1) is 24.8. The van der Waals surface area contributed by atoms with Gasteiger partial charge in [-0.1, -0.05) is 45.0 Å². The van der Waals surface area contributed by atoms with Crippen LogP contribution in [0.5, 0.6) is 5.75 Å². The summed E-state index contributed by atoms with van der Waals surface area (Å²) in [4.78, 5) is 12.7. The van der Waals surface area contributed by atoms with Crippen LogP contribution < -0.4 is 10.1 Å². The summed E-state index contributed by atoms with van der Waals surface area (Å²) in [5.74, 6) is 1.27. The summed E-state index contributed by atoms with van der Waals surface area (Å²) in [5.41, 5.74) is 5.08. The van der Waals surface area contributed by atoms with Gasteiger partial charge >= 0.3 is 0 Å². The van der Waals surface area contributed by atoms with E-state index < -0.39 is 0 Å². The minimum absolute atomic E-state index is 0.0929. The van der Waals surface area contributed by atoms with E-state index in [0.717, 1.165) is 27.2 Å². The summed E-state index contributed by atoms with van der Waals surface area (Å²) in [6.07, 6.45) is 0. The number of ether oxygens (including phenoxy) is 1. The third-order valence-electron chi connectivity index (χ3n) is 5.80. The molecule has 0 saturated heterocycles. The van der Waals surface area contributed by atoms with Crippen LogP contribution in [0, 0.1) is 13.8 Å². The van der Waals surface area contributed by atoms with Crippen molar-refractivity contribution >= 4 is 27.5 Å². The van der Waals surface area contributed by atoms with E-state index in [9.17, 15) is 4.79 Å². The third kappa shape index (κ3) is 6.03. The zero-order valence-electron chi connectivity index (χ0n) is 20.7. The lowest BCUT2D eigenvalue weighted by molar-refractivity contribution is 0.0992. The molecule has 0 unspecified atom stereocenters. The zero-order chi connectivity index (χ0) is 25.2. The van der Waals surface area contributed by atoms with Gasteiger partial charge < -0.3 is 14.5 Å². The van der Waals surface area contributed by atoms with Crippen molar-refractivity contribution in [1.82, 2.24) is 9.78 Å². The van der Waals surface area contributed by atoms with Crippen molar-refractivity contribution in [3.05, 3.63) is 99.2 Å². The average molecular weight is 536 g/mol. The molecule has 0 aliphatic rings. The van der Waals surface area contributed by atoms with E-state index in [0.29, 0.717) is 18.0 Å². The van der Waals surface area contributed by atoms with Gasteiger partial charge in [-0.05, 0) is 82.7 Å². The lowest BCUT2D eigenvalue weighted by Gasteiger charge is -2.19. The maximum atomic E-state index is 12.7. The van der Waals surface area contributed by atoms with Crippen molar-refractivity contribution < 1.29 is 13.9 Å². The van der Waals surface area contributed by atoms with Crippen LogP contribution in [-0.2, 0) is 18.6 Å². The van der Waals surface area contributed by atoms with Crippen LogP contribution in [0.1, 0.15) is 59.6 Å².